The van der Waals surface area contributed by atoms with Crippen molar-refractivity contribution in [1.29, 1.82) is 0 Å². The summed E-state index contributed by atoms with van der Waals surface area (Å²) in [6.45, 7) is 6.14. The first-order chi connectivity index (χ1) is 16.6. The van der Waals surface area contributed by atoms with Crippen molar-refractivity contribution >= 4 is 40.2 Å². The number of hydrogen-bond donors (Lipinski definition) is 1. The van der Waals surface area contributed by atoms with Crippen molar-refractivity contribution in [3.63, 3.8) is 0 Å². The predicted molar refractivity (Wildman–Crippen MR) is 136 cm³/mol. The van der Waals surface area contributed by atoms with Crippen LogP contribution < -0.4 is 15.0 Å². The minimum atomic E-state index is -0.784. The fourth-order valence-corrected chi connectivity index (χ4v) is 5.42. The molecule has 0 saturated heterocycles. The van der Waals surface area contributed by atoms with Crippen molar-refractivity contribution in [3.8, 4) is 5.75 Å². The lowest BCUT2D eigenvalue weighted by Crippen LogP contribution is -2.44. The van der Waals surface area contributed by atoms with Crippen LogP contribution in [-0.2, 0) is 21.4 Å². The average molecular weight is 482 g/mol. The highest BCUT2D eigenvalue weighted by Crippen LogP contribution is 2.43. The second kappa shape index (κ2) is 11.0. The summed E-state index contributed by atoms with van der Waals surface area (Å²) < 4.78 is 13.1. The van der Waals surface area contributed by atoms with E-state index in [2.05, 4.69) is 9.88 Å². The quantitative estimate of drug-likeness (QED) is 0.462. The highest BCUT2D eigenvalue weighted by atomic mass is 32.2. The molecule has 0 bridgehead atoms. The molecule has 1 aliphatic rings. The lowest BCUT2D eigenvalue weighted by Gasteiger charge is -2.30. The molecule has 3 aromatic rings. The van der Waals surface area contributed by atoms with Crippen molar-refractivity contribution in [2.75, 3.05) is 37.0 Å². The van der Waals surface area contributed by atoms with E-state index >= 15 is 0 Å². The number of amides is 2. The Hall–Kier alpha value is -2.97. The molecule has 4 rings (SSSR count). The molecular formula is C26H31N3O4S. The molecule has 8 heteroatoms. The Kier molecular flexibility index (Phi) is 7.80. The summed E-state index contributed by atoms with van der Waals surface area (Å²) in [4.78, 5) is 28.8. The number of benzene rings is 2. The number of nitrogens with one attached hydrogen (secondary N) is 1. The van der Waals surface area contributed by atoms with Crippen molar-refractivity contribution in [2.24, 2.45) is 7.05 Å². The summed E-state index contributed by atoms with van der Waals surface area (Å²) in [6.07, 6.45) is 0.709. The second-order valence-corrected chi connectivity index (χ2v) is 8.98. The molecule has 0 saturated carbocycles. The van der Waals surface area contributed by atoms with Crippen molar-refractivity contribution in [1.82, 2.24) is 9.88 Å². The molecule has 0 radical (unpaired) electrons. The van der Waals surface area contributed by atoms with Crippen LogP contribution in [-0.4, -0.2) is 48.5 Å². The van der Waals surface area contributed by atoms with Crippen LogP contribution in [0, 0.1) is 0 Å². The van der Waals surface area contributed by atoms with Crippen molar-refractivity contribution in [2.45, 2.75) is 31.3 Å². The first kappa shape index (κ1) is 24.2. The number of aromatic nitrogens is 1. The fraction of sp³-hybridized carbons (Fsp3) is 0.385. The Morgan fingerprint density at radius 3 is 2.62 bits per heavy atom. The molecule has 2 heterocycles. The molecule has 1 atom stereocenters. The van der Waals surface area contributed by atoms with E-state index < -0.39 is 6.04 Å². The molecule has 1 aliphatic heterocycles. The Morgan fingerprint density at radius 2 is 1.88 bits per heavy atom. The Balaban J connectivity index is 1.78. The molecule has 1 N–H and O–H groups in total. The lowest BCUT2D eigenvalue weighted by molar-refractivity contribution is -0.125. The highest BCUT2D eigenvalue weighted by molar-refractivity contribution is 8.00. The van der Waals surface area contributed by atoms with Gasteiger partial charge in [-0.25, -0.2) is 0 Å². The number of carbonyl (C=O) groups is 2. The van der Waals surface area contributed by atoms with E-state index in [1.165, 1.54) is 11.8 Å². The molecule has 0 spiro atoms. The topological polar surface area (TPSA) is 72.8 Å². The number of ether oxygens (including phenoxy) is 2. The molecule has 0 aliphatic carbocycles. The number of hydrogen-bond acceptors (Lipinski definition) is 5. The van der Waals surface area contributed by atoms with E-state index in [0.29, 0.717) is 38.5 Å². The third-order valence-corrected chi connectivity index (χ3v) is 7.02. The molecule has 180 valence electrons. The van der Waals surface area contributed by atoms with Gasteiger partial charge in [0.1, 0.15) is 11.8 Å². The third kappa shape index (κ3) is 4.79. The van der Waals surface area contributed by atoms with Gasteiger partial charge in [0.05, 0.1) is 17.4 Å². The summed E-state index contributed by atoms with van der Waals surface area (Å²) in [5, 5.41) is 4.97. The first-order valence-corrected chi connectivity index (χ1v) is 12.7. The van der Waals surface area contributed by atoms with Gasteiger partial charge < -0.3 is 19.4 Å². The van der Waals surface area contributed by atoms with Gasteiger partial charge in [-0.2, -0.15) is 0 Å². The molecular weight excluding hydrogens is 450 g/mol. The third-order valence-electron chi connectivity index (χ3n) is 5.87. The normalized spacial score (nSPS) is 15.8. The Bertz CT molecular complexity index is 1160. The predicted octanol–water partition coefficient (Wildman–Crippen LogP) is 4.30. The first-order valence-electron chi connectivity index (χ1n) is 11.7. The number of nitrogens with zero attached hydrogens (tertiary/aromatic N) is 2. The maximum atomic E-state index is 13.7. The van der Waals surface area contributed by atoms with Crippen LogP contribution in [0.1, 0.15) is 31.9 Å². The van der Waals surface area contributed by atoms with Crippen molar-refractivity contribution < 1.29 is 19.1 Å². The number of anilines is 1. The number of rotatable bonds is 9. The summed E-state index contributed by atoms with van der Waals surface area (Å²) in [5.41, 5.74) is 2.57. The van der Waals surface area contributed by atoms with Crippen LogP contribution in [0.3, 0.4) is 0 Å². The lowest BCUT2D eigenvalue weighted by atomic mass is 10.0. The van der Waals surface area contributed by atoms with E-state index in [0.717, 1.165) is 27.2 Å². The molecule has 1 unspecified atom stereocenters. The zero-order valence-corrected chi connectivity index (χ0v) is 20.7. The average Bonchev–Trinajstić information content (AvgIpc) is 3.02. The van der Waals surface area contributed by atoms with Crippen LogP contribution in [0.25, 0.3) is 10.9 Å². The number of aryl methyl sites for hydroxylation is 1. The van der Waals surface area contributed by atoms with Crippen LogP contribution in [0.2, 0.25) is 0 Å². The standard InChI is InChI=1S/C26H31N3O4S/c1-4-32-16-8-15-27-25(31)24-23-20-9-6-7-10-21(20)28(3)26(23)34-17-22(30)29(24)18-11-13-19(14-12-18)33-5-2/h6-7,9-14,24H,4-5,8,15-17H2,1-3H3,(H,27,31). The number of fused-ring (bicyclic) bond motifs is 3. The van der Waals surface area contributed by atoms with Crippen LogP contribution >= 0.6 is 11.8 Å². The fourth-order valence-electron chi connectivity index (χ4n) is 4.35. The zero-order chi connectivity index (χ0) is 24.1. The van der Waals surface area contributed by atoms with Gasteiger partial charge in [-0.05, 0) is 50.6 Å². The molecule has 2 amide bonds. The van der Waals surface area contributed by atoms with Crippen LogP contribution in [0.5, 0.6) is 5.75 Å². The molecule has 0 fully saturated rings. The summed E-state index contributed by atoms with van der Waals surface area (Å²) in [5.74, 6) is 0.673. The summed E-state index contributed by atoms with van der Waals surface area (Å²) >= 11 is 1.48. The van der Waals surface area contributed by atoms with Gasteiger partial charge in [0.25, 0.3) is 0 Å². The maximum absolute atomic E-state index is 13.7. The second-order valence-electron chi connectivity index (χ2n) is 8.02. The smallest absolute Gasteiger partial charge is 0.247 e. The van der Waals surface area contributed by atoms with Gasteiger partial charge in [-0.1, -0.05) is 30.0 Å². The minimum Gasteiger partial charge on any atom is -0.494 e. The van der Waals surface area contributed by atoms with E-state index in [1.54, 1.807) is 4.90 Å². The summed E-state index contributed by atoms with van der Waals surface area (Å²) in [7, 11) is 1.99. The van der Waals surface area contributed by atoms with Gasteiger partial charge in [-0.15, -0.1) is 0 Å². The molecule has 2 aromatic carbocycles. The van der Waals surface area contributed by atoms with E-state index in [4.69, 9.17) is 9.47 Å². The van der Waals surface area contributed by atoms with Gasteiger partial charge in [0, 0.05) is 49.0 Å². The molecule has 7 nitrogen and oxygen atoms in total. The number of thioether (sulfide) groups is 1. The largest absolute Gasteiger partial charge is 0.494 e. The van der Waals surface area contributed by atoms with E-state index in [1.807, 2.05) is 69.4 Å². The van der Waals surface area contributed by atoms with Gasteiger partial charge >= 0.3 is 0 Å². The SMILES string of the molecule is CCOCCCNC(=O)C1c2c(n(C)c3ccccc23)SCC(=O)N1c1ccc(OCC)cc1. The minimum absolute atomic E-state index is 0.107. The monoisotopic (exact) mass is 481 g/mol. The number of para-hydroxylation sites is 1. The highest BCUT2D eigenvalue weighted by Gasteiger charge is 2.39. The molecule has 1 aromatic heterocycles. The van der Waals surface area contributed by atoms with E-state index in [-0.39, 0.29) is 17.6 Å². The van der Waals surface area contributed by atoms with E-state index in [9.17, 15) is 9.59 Å². The molecule has 34 heavy (non-hydrogen) atoms. The summed E-state index contributed by atoms with van der Waals surface area (Å²) in [6, 6.07) is 14.6. The van der Waals surface area contributed by atoms with Crippen LogP contribution in [0.15, 0.2) is 53.6 Å². The maximum Gasteiger partial charge on any atom is 0.247 e. The Labute approximate surface area is 204 Å². The van der Waals surface area contributed by atoms with Crippen LogP contribution in [0.4, 0.5) is 5.69 Å². The zero-order valence-electron chi connectivity index (χ0n) is 19.9. The Morgan fingerprint density at radius 1 is 1.12 bits per heavy atom. The number of carbonyl (C=O) groups excluding carboxylic acids is 2. The van der Waals surface area contributed by atoms with Gasteiger partial charge in [0.15, 0.2) is 0 Å². The van der Waals surface area contributed by atoms with Gasteiger partial charge in [-0.3, -0.25) is 14.5 Å². The van der Waals surface area contributed by atoms with Gasteiger partial charge in [0.2, 0.25) is 11.8 Å². The van der Waals surface area contributed by atoms with Crippen molar-refractivity contribution in [3.05, 3.63) is 54.1 Å².